The Bertz CT molecular complexity index is 1170. The normalized spacial score (nSPS) is 12.4. The minimum atomic E-state index is -3.39. The minimum absolute atomic E-state index is 0.0730. The molecule has 0 aliphatic heterocycles. The number of aryl methyl sites for hydroxylation is 1. The lowest BCUT2D eigenvalue weighted by atomic mass is 10.2. The topological polar surface area (TPSA) is 68.5 Å². The maximum absolute atomic E-state index is 12.4. The molecule has 0 atom stereocenters. The number of rotatable bonds is 7. The first-order valence-corrected chi connectivity index (χ1v) is 11.4. The van der Waals surface area contributed by atoms with Gasteiger partial charge in [-0.05, 0) is 37.6 Å². The van der Waals surface area contributed by atoms with Gasteiger partial charge in [0.2, 0.25) is 5.91 Å². The number of amides is 1. The zero-order chi connectivity index (χ0) is 20.1. The molecule has 2 aromatic carbocycles. The predicted molar refractivity (Wildman–Crippen MR) is 113 cm³/mol. The average molecular weight is 415 g/mol. The second-order valence-corrected chi connectivity index (χ2v) is 9.61. The quantitative estimate of drug-likeness (QED) is 0.551. The number of sulfone groups is 1. The summed E-state index contributed by atoms with van der Waals surface area (Å²) < 4.78 is 27.7. The Hall–Kier alpha value is -2.51. The van der Waals surface area contributed by atoms with E-state index in [9.17, 15) is 13.2 Å². The van der Waals surface area contributed by atoms with Crippen molar-refractivity contribution in [2.45, 2.75) is 31.2 Å². The molecule has 1 heterocycles. The number of benzene rings is 2. The molecule has 3 rings (SSSR count). The minimum Gasteiger partial charge on any atom is -0.313 e. The number of carbonyl (C=O) groups is 1. The molecule has 1 amide bonds. The lowest BCUT2D eigenvalue weighted by molar-refractivity contribution is -0.118. The summed E-state index contributed by atoms with van der Waals surface area (Å²) in [5, 5.41) is 0. The first-order valence-electron chi connectivity index (χ1n) is 8.97. The predicted octanol–water partition coefficient (Wildman–Crippen LogP) is 3.88. The fourth-order valence-electron chi connectivity index (χ4n) is 2.85. The summed E-state index contributed by atoms with van der Waals surface area (Å²) in [6.07, 6.45) is 2.09. The largest absolute Gasteiger partial charge is 0.313 e. The fourth-order valence-corrected chi connectivity index (χ4v) is 5.22. The average Bonchev–Trinajstić information content (AvgIpc) is 2.99. The van der Waals surface area contributed by atoms with E-state index in [2.05, 4.69) is 11.6 Å². The molecule has 0 aliphatic rings. The van der Waals surface area contributed by atoms with Gasteiger partial charge in [-0.1, -0.05) is 47.2 Å². The Labute approximate surface area is 168 Å². The van der Waals surface area contributed by atoms with Gasteiger partial charge in [-0.15, -0.1) is 6.58 Å². The standard InChI is InChI=1S/C21H22N2O3S2/c1-3-14-23-18-7-4-5-8-19(18)27-21(23)22-20(24)9-6-15-28(25,26)17-12-10-16(2)11-13-17/h3-5,7-8,10-13H,1,6,9,14-15H2,2H3. The lowest BCUT2D eigenvalue weighted by Crippen LogP contribution is -2.16. The molecule has 5 nitrogen and oxygen atoms in total. The van der Waals surface area contributed by atoms with Gasteiger partial charge < -0.3 is 4.57 Å². The lowest BCUT2D eigenvalue weighted by Gasteiger charge is -2.04. The van der Waals surface area contributed by atoms with E-state index in [1.165, 1.54) is 11.3 Å². The van der Waals surface area contributed by atoms with E-state index in [0.717, 1.165) is 15.8 Å². The molecule has 146 valence electrons. The van der Waals surface area contributed by atoms with Crippen molar-refractivity contribution in [3.8, 4) is 0 Å². The van der Waals surface area contributed by atoms with Gasteiger partial charge in [0.05, 0.1) is 20.9 Å². The van der Waals surface area contributed by atoms with Gasteiger partial charge in [0.15, 0.2) is 14.6 Å². The molecule has 0 aliphatic carbocycles. The van der Waals surface area contributed by atoms with Crippen LogP contribution in [0.15, 0.2) is 71.1 Å². The number of thiazole rings is 1. The Morgan fingerprint density at radius 2 is 1.89 bits per heavy atom. The number of hydrogen-bond acceptors (Lipinski definition) is 4. The van der Waals surface area contributed by atoms with Gasteiger partial charge in [0.1, 0.15) is 0 Å². The smallest absolute Gasteiger partial charge is 0.248 e. The third-order valence-corrected chi connectivity index (χ3v) is 7.18. The van der Waals surface area contributed by atoms with Crippen LogP contribution in [-0.2, 0) is 21.2 Å². The zero-order valence-corrected chi connectivity index (χ0v) is 17.3. The first kappa shape index (κ1) is 20.2. The van der Waals surface area contributed by atoms with Crippen molar-refractivity contribution in [1.82, 2.24) is 4.57 Å². The number of hydrogen-bond donors (Lipinski definition) is 0. The van der Waals surface area contributed by atoms with Crippen LogP contribution in [0.2, 0.25) is 0 Å². The monoisotopic (exact) mass is 414 g/mol. The Morgan fingerprint density at radius 3 is 2.61 bits per heavy atom. The van der Waals surface area contributed by atoms with E-state index in [0.29, 0.717) is 11.3 Å². The Morgan fingerprint density at radius 1 is 1.18 bits per heavy atom. The van der Waals surface area contributed by atoms with Crippen molar-refractivity contribution in [3.05, 3.63) is 71.6 Å². The molecule has 1 aromatic heterocycles. The van der Waals surface area contributed by atoms with Crippen LogP contribution in [0.25, 0.3) is 10.2 Å². The zero-order valence-electron chi connectivity index (χ0n) is 15.7. The van der Waals surface area contributed by atoms with Gasteiger partial charge in [0.25, 0.3) is 0 Å². The summed E-state index contributed by atoms with van der Waals surface area (Å²) in [5.74, 6) is -0.389. The van der Waals surface area contributed by atoms with Crippen molar-refractivity contribution in [2.75, 3.05) is 5.75 Å². The van der Waals surface area contributed by atoms with Crippen LogP contribution in [0.5, 0.6) is 0 Å². The summed E-state index contributed by atoms with van der Waals surface area (Å²) in [7, 11) is -3.39. The third kappa shape index (κ3) is 4.66. The van der Waals surface area contributed by atoms with Crippen LogP contribution in [0.4, 0.5) is 0 Å². The Balaban J connectivity index is 1.72. The molecule has 0 unspecified atom stereocenters. The molecule has 0 spiro atoms. The summed E-state index contributed by atoms with van der Waals surface area (Å²) in [6, 6.07) is 14.6. The highest BCUT2D eigenvalue weighted by Crippen LogP contribution is 2.17. The van der Waals surface area contributed by atoms with Gasteiger partial charge in [-0.25, -0.2) is 8.42 Å². The van der Waals surface area contributed by atoms with Crippen LogP contribution in [0, 0.1) is 6.92 Å². The molecule has 0 N–H and O–H groups in total. The maximum Gasteiger partial charge on any atom is 0.248 e. The van der Waals surface area contributed by atoms with Gasteiger partial charge in [-0.3, -0.25) is 4.79 Å². The van der Waals surface area contributed by atoms with E-state index in [1.807, 2.05) is 35.8 Å². The van der Waals surface area contributed by atoms with Crippen LogP contribution in [0.1, 0.15) is 18.4 Å². The molecule has 7 heteroatoms. The number of nitrogens with zero attached hydrogens (tertiary/aromatic N) is 2. The Kier molecular flexibility index (Phi) is 6.26. The van der Waals surface area contributed by atoms with Crippen molar-refractivity contribution in [2.24, 2.45) is 4.99 Å². The number of para-hydroxylation sites is 1. The number of fused-ring (bicyclic) bond motifs is 1. The number of carbonyl (C=O) groups excluding carboxylic acids is 1. The molecule has 0 fully saturated rings. The van der Waals surface area contributed by atoms with Crippen molar-refractivity contribution < 1.29 is 13.2 Å². The van der Waals surface area contributed by atoms with Gasteiger partial charge in [0, 0.05) is 13.0 Å². The van der Waals surface area contributed by atoms with Crippen LogP contribution in [0.3, 0.4) is 0 Å². The van der Waals surface area contributed by atoms with Crippen LogP contribution >= 0.6 is 11.3 Å². The van der Waals surface area contributed by atoms with E-state index >= 15 is 0 Å². The van der Waals surface area contributed by atoms with Crippen LogP contribution < -0.4 is 4.80 Å². The molecule has 0 radical (unpaired) electrons. The molecular formula is C21H22N2O3S2. The van der Waals surface area contributed by atoms with Crippen molar-refractivity contribution in [1.29, 1.82) is 0 Å². The van der Waals surface area contributed by atoms with Crippen molar-refractivity contribution >= 4 is 37.3 Å². The van der Waals surface area contributed by atoms with Gasteiger partial charge in [-0.2, -0.15) is 4.99 Å². The molecule has 0 saturated heterocycles. The third-order valence-electron chi connectivity index (χ3n) is 4.30. The van der Waals surface area contributed by atoms with E-state index in [4.69, 9.17) is 0 Å². The number of aromatic nitrogens is 1. The molecule has 0 saturated carbocycles. The highest BCUT2D eigenvalue weighted by atomic mass is 32.2. The first-order chi connectivity index (χ1) is 13.4. The summed E-state index contributed by atoms with van der Waals surface area (Å²) in [5.41, 5.74) is 2.00. The van der Waals surface area contributed by atoms with Gasteiger partial charge >= 0.3 is 0 Å². The summed E-state index contributed by atoms with van der Waals surface area (Å²) in [4.78, 5) is 17.4. The van der Waals surface area contributed by atoms with E-state index in [-0.39, 0.29) is 29.4 Å². The van der Waals surface area contributed by atoms with E-state index in [1.54, 1.807) is 30.3 Å². The van der Waals surface area contributed by atoms with E-state index < -0.39 is 9.84 Å². The highest BCUT2D eigenvalue weighted by Gasteiger charge is 2.15. The second kappa shape index (κ2) is 8.67. The van der Waals surface area contributed by atoms with Crippen molar-refractivity contribution in [3.63, 3.8) is 0 Å². The maximum atomic E-state index is 12.4. The summed E-state index contributed by atoms with van der Waals surface area (Å²) >= 11 is 1.44. The number of allylic oxidation sites excluding steroid dienone is 1. The summed E-state index contributed by atoms with van der Waals surface area (Å²) in [6.45, 7) is 6.22. The second-order valence-electron chi connectivity index (χ2n) is 6.49. The highest BCUT2D eigenvalue weighted by molar-refractivity contribution is 7.91. The molecule has 28 heavy (non-hydrogen) atoms. The molecular weight excluding hydrogens is 392 g/mol. The molecule has 0 bridgehead atoms. The molecule has 3 aromatic rings. The fraction of sp³-hybridized carbons (Fsp3) is 0.238. The van der Waals surface area contributed by atoms with Crippen LogP contribution in [-0.4, -0.2) is 24.6 Å². The SMILES string of the molecule is C=CCn1c(=NC(=O)CCCS(=O)(=O)c2ccc(C)cc2)sc2ccccc21.